The van der Waals surface area contributed by atoms with Crippen molar-refractivity contribution in [2.75, 3.05) is 6.66 Å². The van der Waals surface area contributed by atoms with Gasteiger partial charge in [0.2, 0.25) is 0 Å². The molecule has 0 aromatic rings. The molecule has 0 radical (unpaired) electrons. The molecule has 0 spiro atoms. The highest BCUT2D eigenvalue weighted by atomic mass is 31.1. The van der Waals surface area contributed by atoms with E-state index in [2.05, 4.69) is 5.73 Å². The Bertz CT molecular complexity index is 77.5. The van der Waals surface area contributed by atoms with Crippen LogP contribution in [0.4, 0.5) is 4.79 Å². The minimum atomic E-state index is -1.77. The van der Waals surface area contributed by atoms with E-state index in [9.17, 15) is 9.36 Å². The van der Waals surface area contributed by atoms with Crippen molar-refractivity contribution in [3.8, 4) is 0 Å². The van der Waals surface area contributed by atoms with Gasteiger partial charge in [0.05, 0.1) is 0 Å². The highest BCUT2D eigenvalue weighted by Crippen LogP contribution is 2.10. The summed E-state index contributed by atoms with van der Waals surface area (Å²) in [5, 5.41) is 0. The van der Waals surface area contributed by atoms with Crippen molar-refractivity contribution in [1.82, 2.24) is 0 Å². The summed E-state index contributed by atoms with van der Waals surface area (Å²) in [5.41, 5.74) is 3.78. The maximum atomic E-state index is 9.82. The Morgan fingerprint density at radius 1 is 1.83 bits per heavy atom. The summed E-state index contributed by atoms with van der Waals surface area (Å²) in [7, 11) is -1.77. The Kier molecular flexibility index (Phi) is 1.74. The first-order valence-corrected chi connectivity index (χ1v) is 3.05. The van der Waals surface area contributed by atoms with E-state index in [0.29, 0.717) is 0 Å². The maximum absolute atomic E-state index is 9.82. The van der Waals surface area contributed by atoms with Gasteiger partial charge in [0.1, 0.15) is 6.66 Å². The minimum absolute atomic E-state index is 0.731. The second kappa shape index (κ2) is 1.88. The van der Waals surface area contributed by atoms with Gasteiger partial charge in [-0.2, -0.15) is 0 Å². The van der Waals surface area contributed by atoms with Crippen molar-refractivity contribution in [3.05, 3.63) is 0 Å². The van der Waals surface area contributed by atoms with Gasteiger partial charge < -0.3 is 5.73 Å². The summed E-state index contributed by atoms with van der Waals surface area (Å²) in [6, 6.07) is 0. The molecular formula is C2H5NO2P+. The molecule has 0 aliphatic heterocycles. The molecule has 1 unspecified atom stereocenters. The number of carbonyl (C=O) groups is 1. The molecule has 0 heterocycles. The van der Waals surface area contributed by atoms with Crippen molar-refractivity contribution in [1.29, 1.82) is 0 Å². The van der Waals surface area contributed by atoms with Crippen molar-refractivity contribution in [2.45, 2.75) is 0 Å². The average Bonchev–Trinajstić information content (AvgIpc) is 1.36. The van der Waals surface area contributed by atoms with Gasteiger partial charge >= 0.3 is 13.4 Å². The Morgan fingerprint density at radius 2 is 2.00 bits per heavy atom. The molecule has 1 atom stereocenters. The summed E-state index contributed by atoms with van der Waals surface area (Å²) in [6.07, 6.45) is 0. The van der Waals surface area contributed by atoms with Gasteiger partial charge in [-0.1, -0.05) is 4.57 Å². The van der Waals surface area contributed by atoms with E-state index in [-0.39, 0.29) is 0 Å². The topological polar surface area (TPSA) is 60.2 Å². The fourth-order valence-electron chi connectivity index (χ4n) is 0. The van der Waals surface area contributed by atoms with Gasteiger partial charge in [0.15, 0.2) is 0 Å². The third-order valence-electron chi connectivity index (χ3n) is 0.310. The molecule has 0 saturated carbocycles. The summed E-state index contributed by atoms with van der Waals surface area (Å²) in [6.45, 7) is 1.28. The molecule has 1 amide bonds. The van der Waals surface area contributed by atoms with Gasteiger partial charge in [-0.25, -0.2) is 4.79 Å². The summed E-state index contributed by atoms with van der Waals surface area (Å²) in [5.74, 6) is 0. The molecule has 34 valence electrons. The number of hydrogen-bond donors (Lipinski definition) is 1. The molecule has 0 aliphatic carbocycles. The lowest BCUT2D eigenvalue weighted by atomic mass is 11.5. The molecule has 0 aromatic carbocycles. The smallest absolute Gasteiger partial charge is 0.327 e. The Labute approximate surface area is 36.3 Å². The van der Waals surface area contributed by atoms with Crippen LogP contribution in [0.2, 0.25) is 0 Å². The van der Waals surface area contributed by atoms with E-state index in [1.165, 1.54) is 6.66 Å². The molecule has 0 aliphatic rings. The number of rotatable bonds is 1. The largest absolute Gasteiger partial charge is 0.457 e. The minimum Gasteiger partial charge on any atom is -0.327 e. The van der Waals surface area contributed by atoms with Gasteiger partial charge in [0, 0.05) is 0 Å². The van der Waals surface area contributed by atoms with Crippen LogP contribution in [0.15, 0.2) is 0 Å². The molecule has 0 bridgehead atoms. The predicted molar refractivity (Wildman–Crippen MR) is 23.1 cm³/mol. The van der Waals surface area contributed by atoms with Gasteiger partial charge in [-0.3, -0.25) is 0 Å². The van der Waals surface area contributed by atoms with E-state index in [1.807, 2.05) is 0 Å². The van der Waals surface area contributed by atoms with E-state index in [1.54, 1.807) is 0 Å². The lowest BCUT2D eigenvalue weighted by molar-refractivity contribution is 0.265. The highest BCUT2D eigenvalue weighted by molar-refractivity contribution is 7.62. The third-order valence-corrected chi connectivity index (χ3v) is 0.931. The molecular weight excluding hydrogens is 101 g/mol. The van der Waals surface area contributed by atoms with Crippen LogP contribution in [0.1, 0.15) is 0 Å². The molecule has 0 saturated heterocycles. The molecule has 4 heteroatoms. The molecule has 2 N–H and O–H groups in total. The first-order chi connectivity index (χ1) is 2.64. The Hall–Kier alpha value is -0.430. The predicted octanol–water partition coefficient (Wildman–Crippen LogP) is 0.522. The van der Waals surface area contributed by atoms with E-state index >= 15 is 0 Å². The Balaban J connectivity index is 3.57. The van der Waals surface area contributed by atoms with Crippen LogP contribution >= 0.6 is 7.80 Å². The standard InChI is InChI=1S/C2H4NO2P/c1-6(5)2(3)4/h1H3,(H-,3,4)/p+1. The van der Waals surface area contributed by atoms with Crippen LogP contribution in [0.3, 0.4) is 0 Å². The van der Waals surface area contributed by atoms with Crippen molar-refractivity contribution < 1.29 is 9.36 Å². The molecule has 0 aromatic heterocycles. The molecule has 0 fully saturated rings. The second-order valence-electron chi connectivity index (χ2n) is 0.836. The summed E-state index contributed by atoms with van der Waals surface area (Å²) < 4.78 is 9.82. The zero-order chi connectivity index (χ0) is 5.15. The maximum Gasteiger partial charge on any atom is 0.457 e. The third kappa shape index (κ3) is 1.85. The fourth-order valence-corrected chi connectivity index (χ4v) is 0. The van der Waals surface area contributed by atoms with Crippen LogP contribution in [0.5, 0.6) is 0 Å². The average molecular weight is 106 g/mol. The normalized spacial score (nSPS) is 10.5. The second-order valence-corrected chi connectivity index (χ2v) is 2.27. The van der Waals surface area contributed by atoms with Gasteiger partial charge in [0.25, 0.3) is 0 Å². The first kappa shape index (κ1) is 5.57. The lowest BCUT2D eigenvalue weighted by Gasteiger charge is -1.59. The van der Waals surface area contributed by atoms with Crippen LogP contribution in [-0.4, -0.2) is 12.3 Å². The van der Waals surface area contributed by atoms with Crippen molar-refractivity contribution in [3.63, 3.8) is 0 Å². The molecule has 3 nitrogen and oxygen atoms in total. The number of hydrogen-bond acceptors (Lipinski definition) is 2. The van der Waals surface area contributed by atoms with Crippen LogP contribution < -0.4 is 5.73 Å². The van der Waals surface area contributed by atoms with Crippen molar-refractivity contribution >= 4 is 13.4 Å². The first-order valence-electron chi connectivity index (χ1n) is 1.35. The number of nitrogens with two attached hydrogens (primary N) is 1. The zero-order valence-corrected chi connectivity index (χ0v) is 4.24. The number of carbonyl (C=O) groups excluding carboxylic acids is 1. The number of amides is 1. The molecule has 0 rings (SSSR count). The fraction of sp³-hybridized carbons (Fsp3) is 0.500. The number of primary amides is 1. The van der Waals surface area contributed by atoms with Crippen LogP contribution in [0.25, 0.3) is 0 Å². The monoisotopic (exact) mass is 106 g/mol. The van der Waals surface area contributed by atoms with Gasteiger partial charge in [-0.15, -0.1) is 0 Å². The lowest BCUT2D eigenvalue weighted by Crippen LogP contribution is -2.00. The van der Waals surface area contributed by atoms with E-state index in [4.69, 9.17) is 0 Å². The van der Waals surface area contributed by atoms with Gasteiger partial charge in [-0.05, 0) is 0 Å². The zero-order valence-electron chi connectivity index (χ0n) is 3.34. The SMILES string of the molecule is C[P+](=O)C(N)=O. The summed E-state index contributed by atoms with van der Waals surface area (Å²) in [4.78, 5) is 9.64. The quantitative estimate of drug-likeness (QED) is 0.495. The molecule has 6 heavy (non-hydrogen) atoms. The van der Waals surface area contributed by atoms with Crippen LogP contribution in [0, 0.1) is 0 Å². The van der Waals surface area contributed by atoms with E-state index < -0.39 is 13.4 Å². The van der Waals surface area contributed by atoms with Crippen molar-refractivity contribution in [2.24, 2.45) is 5.73 Å². The highest BCUT2D eigenvalue weighted by Gasteiger charge is 2.13. The summed E-state index contributed by atoms with van der Waals surface area (Å²) >= 11 is 0. The van der Waals surface area contributed by atoms with E-state index in [0.717, 1.165) is 0 Å². The Morgan fingerprint density at radius 3 is 2.00 bits per heavy atom. The van der Waals surface area contributed by atoms with Crippen LogP contribution in [-0.2, 0) is 4.57 Å².